The molecule has 2 heterocycles. The number of para-hydroxylation sites is 1. The predicted octanol–water partition coefficient (Wildman–Crippen LogP) is 3.13. The molecule has 27 heavy (non-hydrogen) atoms. The van der Waals surface area contributed by atoms with E-state index in [1.54, 1.807) is 18.3 Å². The molecular formula is C20H23N5O2. The summed E-state index contributed by atoms with van der Waals surface area (Å²) in [5.74, 6) is 0.600. The number of hydrogen-bond donors (Lipinski definition) is 1. The van der Waals surface area contributed by atoms with Crippen molar-refractivity contribution >= 4 is 22.6 Å². The van der Waals surface area contributed by atoms with Gasteiger partial charge in [-0.1, -0.05) is 31.4 Å². The van der Waals surface area contributed by atoms with Crippen molar-refractivity contribution < 1.29 is 4.79 Å². The first-order valence-electron chi connectivity index (χ1n) is 9.50. The monoisotopic (exact) mass is 365 g/mol. The summed E-state index contributed by atoms with van der Waals surface area (Å²) in [5, 5.41) is 7.90. The molecule has 0 bridgehead atoms. The molecule has 7 heteroatoms. The SMILES string of the molecule is O=C(CCn1cnc2ccccc2c1=O)Nc1ccnn1C1CCCCC1. The van der Waals surface area contributed by atoms with Gasteiger partial charge in [0.1, 0.15) is 5.82 Å². The summed E-state index contributed by atoms with van der Waals surface area (Å²) in [6.07, 6.45) is 9.31. The van der Waals surface area contributed by atoms with Crippen LogP contribution >= 0.6 is 0 Å². The number of benzene rings is 1. The first-order valence-corrected chi connectivity index (χ1v) is 9.50. The van der Waals surface area contributed by atoms with Gasteiger partial charge in [-0.2, -0.15) is 5.10 Å². The standard InChI is InChI=1S/C20H23N5O2/c26-19(23-18-10-12-22-25(18)15-6-2-1-3-7-15)11-13-24-14-21-17-9-5-4-8-16(17)20(24)27/h4-5,8-10,12,14-15H,1-3,6-7,11,13H2,(H,23,26). The van der Waals surface area contributed by atoms with Gasteiger partial charge in [-0.3, -0.25) is 14.2 Å². The van der Waals surface area contributed by atoms with E-state index < -0.39 is 0 Å². The third-order valence-corrected chi connectivity index (χ3v) is 5.17. The molecule has 7 nitrogen and oxygen atoms in total. The number of nitrogens with zero attached hydrogens (tertiary/aromatic N) is 4. The second kappa shape index (κ2) is 7.73. The van der Waals surface area contributed by atoms with Crippen molar-refractivity contribution in [3.63, 3.8) is 0 Å². The Bertz CT molecular complexity index is 1000. The lowest BCUT2D eigenvalue weighted by atomic mass is 9.96. The van der Waals surface area contributed by atoms with E-state index >= 15 is 0 Å². The first kappa shape index (κ1) is 17.5. The van der Waals surface area contributed by atoms with E-state index in [4.69, 9.17) is 0 Å². The van der Waals surface area contributed by atoms with Crippen molar-refractivity contribution in [2.75, 3.05) is 5.32 Å². The molecular weight excluding hydrogens is 342 g/mol. The fourth-order valence-corrected chi connectivity index (χ4v) is 3.72. The smallest absolute Gasteiger partial charge is 0.261 e. The fourth-order valence-electron chi connectivity index (χ4n) is 3.72. The molecule has 1 aliphatic carbocycles. The minimum atomic E-state index is -0.132. The number of amides is 1. The Morgan fingerprint density at radius 2 is 1.96 bits per heavy atom. The summed E-state index contributed by atoms with van der Waals surface area (Å²) in [6.45, 7) is 0.292. The van der Waals surface area contributed by atoms with Crippen LogP contribution in [0.3, 0.4) is 0 Å². The Labute approximate surface area is 157 Å². The van der Waals surface area contributed by atoms with E-state index in [9.17, 15) is 9.59 Å². The largest absolute Gasteiger partial charge is 0.311 e. The Balaban J connectivity index is 1.42. The van der Waals surface area contributed by atoms with Gasteiger partial charge < -0.3 is 5.32 Å². The zero-order valence-corrected chi connectivity index (χ0v) is 15.2. The molecule has 1 aromatic carbocycles. The van der Waals surface area contributed by atoms with Gasteiger partial charge in [0.05, 0.1) is 29.5 Å². The molecule has 1 fully saturated rings. The minimum absolute atomic E-state index is 0.124. The number of rotatable bonds is 5. The van der Waals surface area contributed by atoms with Crippen molar-refractivity contribution in [3.8, 4) is 0 Å². The van der Waals surface area contributed by atoms with Gasteiger partial charge in [-0.15, -0.1) is 0 Å². The molecule has 0 saturated heterocycles. The topological polar surface area (TPSA) is 81.8 Å². The van der Waals surface area contributed by atoms with Gasteiger partial charge in [-0.25, -0.2) is 9.67 Å². The summed E-state index contributed by atoms with van der Waals surface area (Å²) < 4.78 is 3.42. The number of carbonyl (C=O) groups is 1. The maximum atomic E-state index is 12.5. The second-order valence-corrected chi connectivity index (χ2v) is 7.01. The summed E-state index contributed by atoms with van der Waals surface area (Å²) in [6, 6.07) is 9.41. The third-order valence-electron chi connectivity index (χ3n) is 5.17. The maximum Gasteiger partial charge on any atom is 0.261 e. The first-order chi connectivity index (χ1) is 13.2. The maximum absolute atomic E-state index is 12.5. The average Bonchev–Trinajstić information content (AvgIpc) is 3.16. The lowest BCUT2D eigenvalue weighted by Crippen LogP contribution is -2.25. The zero-order chi connectivity index (χ0) is 18.6. The quantitative estimate of drug-likeness (QED) is 0.753. The van der Waals surface area contributed by atoms with E-state index in [2.05, 4.69) is 15.4 Å². The zero-order valence-electron chi connectivity index (χ0n) is 15.2. The van der Waals surface area contributed by atoms with Crippen molar-refractivity contribution in [2.45, 2.75) is 51.1 Å². The van der Waals surface area contributed by atoms with Crippen LogP contribution in [0.2, 0.25) is 0 Å². The van der Waals surface area contributed by atoms with E-state index in [1.165, 1.54) is 30.2 Å². The molecule has 0 aliphatic heterocycles. The van der Waals surface area contributed by atoms with Crippen LogP contribution in [0.15, 0.2) is 47.7 Å². The molecule has 140 valence electrons. The van der Waals surface area contributed by atoms with Gasteiger partial charge in [-0.05, 0) is 25.0 Å². The number of aromatic nitrogens is 4. The van der Waals surface area contributed by atoms with Crippen LogP contribution in [-0.4, -0.2) is 25.2 Å². The van der Waals surface area contributed by atoms with Crippen LogP contribution in [0.25, 0.3) is 10.9 Å². The van der Waals surface area contributed by atoms with Crippen LogP contribution in [0, 0.1) is 0 Å². The number of anilines is 1. The van der Waals surface area contributed by atoms with Gasteiger partial charge >= 0.3 is 0 Å². The van der Waals surface area contributed by atoms with Gasteiger partial charge in [0.2, 0.25) is 5.91 Å². The van der Waals surface area contributed by atoms with E-state index in [0.717, 1.165) is 18.7 Å². The molecule has 0 atom stereocenters. The highest BCUT2D eigenvalue weighted by Gasteiger charge is 2.19. The number of aryl methyl sites for hydroxylation is 1. The Hall–Kier alpha value is -2.96. The van der Waals surface area contributed by atoms with Gasteiger partial charge in [0.15, 0.2) is 0 Å². The Morgan fingerprint density at radius 3 is 2.81 bits per heavy atom. The summed E-state index contributed by atoms with van der Waals surface area (Å²) in [7, 11) is 0. The minimum Gasteiger partial charge on any atom is -0.311 e. The Kier molecular flexibility index (Phi) is 5.00. The summed E-state index contributed by atoms with van der Waals surface area (Å²) in [4.78, 5) is 29.2. The van der Waals surface area contributed by atoms with Crippen LogP contribution in [0.1, 0.15) is 44.6 Å². The lowest BCUT2D eigenvalue weighted by molar-refractivity contribution is -0.116. The van der Waals surface area contributed by atoms with Crippen LogP contribution in [0.5, 0.6) is 0 Å². The van der Waals surface area contributed by atoms with E-state index in [0.29, 0.717) is 23.5 Å². The average molecular weight is 365 g/mol. The molecule has 0 spiro atoms. The Morgan fingerprint density at radius 1 is 1.15 bits per heavy atom. The molecule has 2 aromatic heterocycles. The van der Waals surface area contributed by atoms with Crippen molar-refractivity contribution in [3.05, 3.63) is 53.2 Å². The van der Waals surface area contributed by atoms with Crippen molar-refractivity contribution in [2.24, 2.45) is 0 Å². The van der Waals surface area contributed by atoms with E-state index in [-0.39, 0.29) is 17.9 Å². The van der Waals surface area contributed by atoms with Gasteiger partial charge in [0, 0.05) is 19.0 Å². The van der Waals surface area contributed by atoms with Crippen molar-refractivity contribution in [1.82, 2.24) is 19.3 Å². The highest BCUT2D eigenvalue weighted by Crippen LogP contribution is 2.29. The molecule has 3 aromatic rings. The van der Waals surface area contributed by atoms with E-state index in [1.807, 2.05) is 22.9 Å². The summed E-state index contributed by atoms with van der Waals surface area (Å²) in [5.41, 5.74) is 0.542. The second-order valence-electron chi connectivity index (χ2n) is 7.01. The van der Waals surface area contributed by atoms with Crippen LogP contribution in [-0.2, 0) is 11.3 Å². The number of hydrogen-bond acceptors (Lipinski definition) is 4. The highest BCUT2D eigenvalue weighted by atomic mass is 16.2. The van der Waals surface area contributed by atoms with Gasteiger partial charge in [0.25, 0.3) is 5.56 Å². The molecule has 4 rings (SSSR count). The summed E-state index contributed by atoms with van der Waals surface area (Å²) >= 11 is 0. The number of carbonyl (C=O) groups excluding carboxylic acids is 1. The van der Waals surface area contributed by atoms with Crippen LogP contribution in [0.4, 0.5) is 5.82 Å². The normalized spacial score (nSPS) is 15.1. The predicted molar refractivity (Wildman–Crippen MR) is 104 cm³/mol. The fraction of sp³-hybridized carbons (Fsp3) is 0.400. The molecule has 1 saturated carbocycles. The molecule has 1 aliphatic rings. The molecule has 0 unspecified atom stereocenters. The highest BCUT2D eigenvalue weighted by molar-refractivity contribution is 5.89. The number of fused-ring (bicyclic) bond motifs is 1. The van der Waals surface area contributed by atoms with Crippen LogP contribution < -0.4 is 10.9 Å². The molecule has 1 N–H and O–H groups in total. The molecule has 1 amide bonds. The lowest BCUT2D eigenvalue weighted by Gasteiger charge is -2.23. The third kappa shape index (κ3) is 3.77. The molecule has 0 radical (unpaired) electrons. The number of nitrogens with one attached hydrogen (secondary N) is 1. The van der Waals surface area contributed by atoms with Crippen molar-refractivity contribution in [1.29, 1.82) is 0 Å².